The molecule has 1 N–H and O–H groups in total. The molecule has 1 unspecified atom stereocenters. The molecule has 0 amide bonds. The van der Waals surface area contributed by atoms with Crippen molar-refractivity contribution in [2.75, 3.05) is 32.7 Å². The molecule has 1 aliphatic carbocycles. The molecule has 7 nitrogen and oxygen atoms in total. The lowest BCUT2D eigenvalue weighted by atomic mass is 9.83. The maximum Gasteiger partial charge on any atom is 0.321 e. The Balaban J connectivity index is 1.13. The maximum absolute atomic E-state index is 12.6. The highest BCUT2D eigenvalue weighted by atomic mass is 16.4. The second-order valence-corrected chi connectivity index (χ2v) is 12.9. The Kier molecular flexibility index (Phi) is 9.25. The Labute approximate surface area is 256 Å². The van der Waals surface area contributed by atoms with E-state index < -0.39 is 5.97 Å². The fourth-order valence-corrected chi connectivity index (χ4v) is 8.07. The van der Waals surface area contributed by atoms with Gasteiger partial charge in [-0.1, -0.05) is 61.7 Å². The van der Waals surface area contributed by atoms with Crippen molar-refractivity contribution in [2.24, 2.45) is 11.8 Å². The zero-order valence-corrected chi connectivity index (χ0v) is 25.4. The number of rotatable bonds is 9. The van der Waals surface area contributed by atoms with E-state index in [-0.39, 0.29) is 12.0 Å². The summed E-state index contributed by atoms with van der Waals surface area (Å²) in [5, 5.41) is 24.5. The van der Waals surface area contributed by atoms with Gasteiger partial charge in [0.05, 0.1) is 23.0 Å². The van der Waals surface area contributed by atoms with Crippen LogP contribution in [0.5, 0.6) is 0 Å². The van der Waals surface area contributed by atoms with Crippen molar-refractivity contribution in [1.82, 2.24) is 19.6 Å². The highest BCUT2D eigenvalue weighted by molar-refractivity contribution is 5.74. The number of aryl methyl sites for hydroxylation is 1. The number of carboxylic acid groups (broad SMARTS) is 1. The molecule has 3 atom stereocenters. The van der Waals surface area contributed by atoms with Crippen LogP contribution in [0.3, 0.4) is 0 Å². The third-order valence-corrected chi connectivity index (χ3v) is 10.3. The molecule has 0 radical (unpaired) electrons. The van der Waals surface area contributed by atoms with Gasteiger partial charge in [-0.25, -0.2) is 0 Å². The number of benzene rings is 2. The summed E-state index contributed by atoms with van der Waals surface area (Å²) in [7, 11) is 0. The summed E-state index contributed by atoms with van der Waals surface area (Å²) in [5.74, 6) is 0.862. The summed E-state index contributed by atoms with van der Waals surface area (Å²) >= 11 is 0. The van der Waals surface area contributed by atoms with Gasteiger partial charge in [-0.3, -0.25) is 14.4 Å². The van der Waals surface area contributed by atoms with Crippen LogP contribution in [-0.2, 0) is 11.3 Å². The van der Waals surface area contributed by atoms with Crippen LogP contribution in [0.1, 0.15) is 80.5 Å². The van der Waals surface area contributed by atoms with Crippen LogP contribution >= 0.6 is 0 Å². The van der Waals surface area contributed by atoms with Gasteiger partial charge in [0.2, 0.25) is 0 Å². The van der Waals surface area contributed by atoms with Crippen LogP contribution in [0.2, 0.25) is 0 Å². The predicted molar refractivity (Wildman–Crippen MR) is 169 cm³/mol. The van der Waals surface area contributed by atoms with Gasteiger partial charge in [0.15, 0.2) is 0 Å². The monoisotopic (exact) mass is 579 g/mol. The first kappa shape index (κ1) is 29.6. The Morgan fingerprint density at radius 1 is 1.00 bits per heavy atom. The van der Waals surface area contributed by atoms with Crippen molar-refractivity contribution in [2.45, 2.75) is 76.3 Å². The Hall–Kier alpha value is -3.47. The minimum Gasteiger partial charge on any atom is -0.480 e. The Morgan fingerprint density at radius 3 is 2.37 bits per heavy atom. The average Bonchev–Trinajstić information content (AvgIpc) is 3.67. The highest BCUT2D eigenvalue weighted by Crippen LogP contribution is 2.39. The van der Waals surface area contributed by atoms with E-state index in [1.807, 2.05) is 24.3 Å². The number of aliphatic carboxylic acids is 1. The van der Waals surface area contributed by atoms with Gasteiger partial charge >= 0.3 is 5.97 Å². The van der Waals surface area contributed by atoms with Gasteiger partial charge in [0.25, 0.3) is 0 Å². The molecule has 226 valence electrons. The first-order valence-corrected chi connectivity index (χ1v) is 16.4. The summed E-state index contributed by atoms with van der Waals surface area (Å²) in [6, 6.07) is 22.7. The quantitative estimate of drug-likeness (QED) is 0.317. The van der Waals surface area contributed by atoms with E-state index in [0.29, 0.717) is 23.3 Å². The lowest BCUT2D eigenvalue weighted by molar-refractivity contribution is -0.145. The van der Waals surface area contributed by atoms with Crippen LogP contribution in [-0.4, -0.2) is 69.4 Å². The zero-order chi connectivity index (χ0) is 29.8. The van der Waals surface area contributed by atoms with Gasteiger partial charge in [-0.15, -0.1) is 0 Å². The SMILES string of the molecule is CCn1nc(C2CCN(C[C@H]3CN([C@@H](C(=O)O)C4CCCCC4)CC3c3ccccc3)CC2)cc1-c1ccc(C#N)cc1. The number of carbonyl (C=O) groups is 1. The third kappa shape index (κ3) is 6.56. The summed E-state index contributed by atoms with van der Waals surface area (Å²) in [4.78, 5) is 17.5. The number of nitrogens with zero attached hydrogens (tertiary/aromatic N) is 5. The average molecular weight is 580 g/mol. The zero-order valence-electron chi connectivity index (χ0n) is 25.4. The summed E-state index contributed by atoms with van der Waals surface area (Å²) in [5.41, 5.74) is 5.41. The van der Waals surface area contributed by atoms with Crippen molar-refractivity contribution in [3.63, 3.8) is 0 Å². The van der Waals surface area contributed by atoms with Crippen LogP contribution < -0.4 is 0 Å². The third-order valence-electron chi connectivity index (χ3n) is 10.3. The number of piperidine rings is 1. The molecule has 3 fully saturated rings. The molecule has 1 saturated carbocycles. The van der Waals surface area contributed by atoms with Crippen LogP contribution in [0.25, 0.3) is 11.3 Å². The molecule has 0 bridgehead atoms. The van der Waals surface area contributed by atoms with Gasteiger partial charge in [0, 0.05) is 38.0 Å². The molecule has 6 rings (SSSR count). The molecule has 3 aromatic rings. The molecule has 2 aliphatic heterocycles. The maximum atomic E-state index is 12.6. The summed E-state index contributed by atoms with van der Waals surface area (Å²) < 4.78 is 2.09. The van der Waals surface area contributed by atoms with Crippen molar-refractivity contribution < 1.29 is 9.90 Å². The fraction of sp³-hybridized carbons (Fsp3) is 0.528. The molecule has 3 heterocycles. The number of aromatic nitrogens is 2. The lowest BCUT2D eigenvalue weighted by Crippen LogP contribution is -2.46. The topological polar surface area (TPSA) is 85.4 Å². The van der Waals surface area contributed by atoms with E-state index in [0.717, 1.165) is 89.1 Å². The molecular weight excluding hydrogens is 534 g/mol. The first-order chi connectivity index (χ1) is 21.0. The van der Waals surface area contributed by atoms with E-state index >= 15 is 0 Å². The summed E-state index contributed by atoms with van der Waals surface area (Å²) in [6.45, 7) is 7.74. The highest BCUT2D eigenvalue weighted by Gasteiger charge is 2.43. The van der Waals surface area contributed by atoms with Crippen molar-refractivity contribution in [3.8, 4) is 17.3 Å². The van der Waals surface area contributed by atoms with Crippen molar-refractivity contribution in [1.29, 1.82) is 5.26 Å². The molecule has 3 aliphatic rings. The van der Waals surface area contributed by atoms with E-state index in [4.69, 9.17) is 5.10 Å². The number of likely N-dealkylation sites (tertiary alicyclic amines) is 2. The van der Waals surface area contributed by atoms with Gasteiger partial charge in [-0.2, -0.15) is 10.4 Å². The first-order valence-electron chi connectivity index (χ1n) is 16.4. The van der Waals surface area contributed by atoms with Gasteiger partial charge in [-0.05, 0) is 86.9 Å². The van der Waals surface area contributed by atoms with Crippen LogP contribution in [0.15, 0.2) is 60.7 Å². The van der Waals surface area contributed by atoms with E-state index in [1.54, 1.807) is 0 Å². The minimum atomic E-state index is -0.632. The lowest BCUT2D eigenvalue weighted by Gasteiger charge is -2.35. The second-order valence-electron chi connectivity index (χ2n) is 12.9. The Morgan fingerprint density at radius 2 is 1.72 bits per heavy atom. The Bertz CT molecular complexity index is 1400. The molecule has 0 spiro atoms. The minimum absolute atomic E-state index is 0.272. The number of hydrogen-bond acceptors (Lipinski definition) is 5. The standard InChI is InChI=1S/C36H45N5O2/c1-2-41-34(29-15-13-26(22-37)14-16-29)21-33(38-41)28-17-19-39(20-18-28)23-31-24-40(25-32(31)27-9-5-3-6-10-27)35(36(42)43)30-11-7-4-8-12-30/h3,5-6,9-10,13-16,21,28,30-32,35H,2,4,7-8,11-12,17-20,23-25H2,1H3,(H,42,43)/t31-,32?,35+/m0/s1. The number of carboxylic acids is 1. The molecule has 2 saturated heterocycles. The van der Waals surface area contributed by atoms with Gasteiger partial charge < -0.3 is 10.0 Å². The molecule has 7 heteroatoms. The van der Waals surface area contributed by atoms with Crippen LogP contribution in [0, 0.1) is 23.2 Å². The molecular formula is C36H45N5O2. The van der Waals surface area contributed by atoms with E-state index in [2.05, 4.69) is 63.9 Å². The van der Waals surface area contributed by atoms with E-state index in [9.17, 15) is 15.2 Å². The second kappa shape index (κ2) is 13.4. The summed E-state index contributed by atoms with van der Waals surface area (Å²) in [6.07, 6.45) is 7.82. The number of nitriles is 1. The number of hydrogen-bond donors (Lipinski definition) is 1. The fourth-order valence-electron chi connectivity index (χ4n) is 8.07. The van der Waals surface area contributed by atoms with Crippen molar-refractivity contribution >= 4 is 5.97 Å². The molecule has 43 heavy (non-hydrogen) atoms. The predicted octanol–water partition coefficient (Wildman–Crippen LogP) is 6.37. The van der Waals surface area contributed by atoms with Crippen molar-refractivity contribution in [3.05, 3.63) is 77.5 Å². The largest absolute Gasteiger partial charge is 0.480 e. The normalized spacial score (nSPS) is 23.3. The smallest absolute Gasteiger partial charge is 0.321 e. The van der Waals surface area contributed by atoms with Gasteiger partial charge in [0.1, 0.15) is 6.04 Å². The molecule has 2 aromatic carbocycles. The van der Waals surface area contributed by atoms with E-state index in [1.165, 1.54) is 17.7 Å². The molecule has 1 aromatic heterocycles. The van der Waals surface area contributed by atoms with Crippen LogP contribution in [0.4, 0.5) is 0 Å².